The smallest absolute Gasteiger partial charge is 0.191 e. The van der Waals surface area contributed by atoms with Crippen molar-refractivity contribution in [3.05, 3.63) is 57.4 Å². The van der Waals surface area contributed by atoms with Crippen molar-refractivity contribution in [1.29, 1.82) is 0 Å². The van der Waals surface area contributed by atoms with Gasteiger partial charge in [-0.15, -0.1) is 0 Å². The highest BCUT2D eigenvalue weighted by Gasteiger charge is 2.28. The van der Waals surface area contributed by atoms with Crippen molar-refractivity contribution in [3.63, 3.8) is 0 Å². The molecule has 3 aromatic rings. The molecular weight excluding hydrogens is 440 g/mol. The number of carbonyl (C=O) groups excluding carboxylic acids is 1. The molecule has 2 heterocycles. The third-order valence-electron chi connectivity index (χ3n) is 4.76. The number of methoxy groups -OCH3 is 1. The fourth-order valence-electron chi connectivity index (χ4n) is 3.19. The first-order valence-electron chi connectivity index (χ1n) is 9.38. The Balaban J connectivity index is 1.39. The van der Waals surface area contributed by atoms with Gasteiger partial charge in [-0.25, -0.2) is 0 Å². The van der Waals surface area contributed by atoms with Crippen LogP contribution in [0.15, 0.2) is 42.5 Å². The summed E-state index contributed by atoms with van der Waals surface area (Å²) in [5, 5.41) is 0. The first-order valence-corrected chi connectivity index (χ1v) is 11.9. The lowest BCUT2D eigenvalue weighted by molar-refractivity contribution is 0.0323. The number of hydrogen-bond donors (Lipinski definition) is 0. The van der Waals surface area contributed by atoms with Crippen LogP contribution >= 0.6 is 32.9 Å². The number of benzene rings is 2. The van der Waals surface area contributed by atoms with Gasteiger partial charge in [-0.3, -0.25) is 4.79 Å². The minimum absolute atomic E-state index is 0.0465. The zero-order valence-electron chi connectivity index (χ0n) is 16.5. The van der Waals surface area contributed by atoms with Gasteiger partial charge in [0.05, 0.1) is 13.7 Å². The molecule has 156 valence electrons. The highest BCUT2D eigenvalue weighted by atomic mass is 32.9. The Morgan fingerprint density at radius 3 is 2.57 bits per heavy atom. The lowest BCUT2D eigenvalue weighted by Gasteiger charge is -2.24. The Hall–Kier alpha value is -2.26. The first kappa shape index (κ1) is 21.0. The van der Waals surface area contributed by atoms with Crippen LogP contribution in [-0.4, -0.2) is 32.2 Å². The van der Waals surface area contributed by atoms with Crippen LogP contribution in [0, 0.1) is 3.82 Å². The molecular formula is C22H20O5S3. The average molecular weight is 461 g/mol. The van der Waals surface area contributed by atoms with Crippen LogP contribution in [0.2, 0.25) is 0 Å². The summed E-state index contributed by atoms with van der Waals surface area (Å²) in [4.78, 5) is 13.5. The highest BCUT2D eigenvalue weighted by Crippen LogP contribution is 2.37. The summed E-state index contributed by atoms with van der Waals surface area (Å²) < 4.78 is 23.6. The molecule has 0 fully saturated rings. The molecule has 0 N–H and O–H groups in total. The number of Topliss-reactive ketones (excluding diaryl/α,β-unsaturated/α-hetero) is 1. The third-order valence-corrected chi connectivity index (χ3v) is 7.67. The first-order chi connectivity index (χ1) is 14.6. The topological polar surface area (TPSA) is 54.0 Å². The van der Waals surface area contributed by atoms with E-state index in [2.05, 4.69) is 0 Å². The van der Waals surface area contributed by atoms with E-state index in [1.165, 1.54) is 0 Å². The molecule has 8 heteroatoms. The Morgan fingerprint density at radius 2 is 1.87 bits per heavy atom. The summed E-state index contributed by atoms with van der Waals surface area (Å²) in [5.74, 6) is 1.82. The lowest BCUT2D eigenvalue weighted by Crippen LogP contribution is -2.28. The summed E-state index contributed by atoms with van der Waals surface area (Å²) in [6.07, 6.45) is -0.447. The van der Waals surface area contributed by atoms with Crippen LogP contribution in [0.3, 0.4) is 0 Å². The Morgan fingerprint density at radius 1 is 1.10 bits per heavy atom. The van der Waals surface area contributed by atoms with Crippen molar-refractivity contribution in [1.82, 2.24) is 0 Å². The minimum Gasteiger partial charge on any atom is -0.493 e. The summed E-state index contributed by atoms with van der Waals surface area (Å²) in [6, 6.07) is 13.4. The Bertz CT molecular complexity index is 1100. The molecule has 1 unspecified atom stereocenters. The van der Waals surface area contributed by atoms with Crippen LogP contribution in [0.1, 0.15) is 22.8 Å². The standard InChI is InChI=1S/C22H20O5S3/c1-13-21(23)16-7-8-18(24-2)22(17(16)12-27-13)26-10-9-25-15-5-3-14(4-6-15)19-11-20(28)30-29-19/h3-8,11,13H,9-10,12H2,1-2H3. The predicted octanol–water partition coefficient (Wildman–Crippen LogP) is 5.77. The SMILES string of the molecule is COc1ccc2c(c1OCCOc1ccc(-c3cc(=S)ss3)cc1)COC(C)C2=O. The van der Waals surface area contributed by atoms with E-state index in [0.717, 1.165) is 25.6 Å². The van der Waals surface area contributed by atoms with Crippen molar-refractivity contribution in [2.24, 2.45) is 0 Å². The van der Waals surface area contributed by atoms with Crippen LogP contribution in [0.5, 0.6) is 17.2 Å². The molecule has 30 heavy (non-hydrogen) atoms. The molecule has 5 nitrogen and oxygen atoms in total. The fourth-order valence-corrected chi connectivity index (χ4v) is 5.60. The summed E-state index contributed by atoms with van der Waals surface area (Å²) >= 11 is 5.19. The van der Waals surface area contributed by atoms with E-state index in [4.69, 9.17) is 31.2 Å². The molecule has 0 amide bonds. The highest BCUT2D eigenvalue weighted by molar-refractivity contribution is 7.80. The van der Waals surface area contributed by atoms with Gasteiger partial charge in [-0.05, 0) is 55.0 Å². The quantitative estimate of drug-likeness (QED) is 0.253. The van der Waals surface area contributed by atoms with E-state index in [-0.39, 0.29) is 5.78 Å². The van der Waals surface area contributed by atoms with Gasteiger partial charge < -0.3 is 18.9 Å². The van der Waals surface area contributed by atoms with Gasteiger partial charge in [0, 0.05) is 16.0 Å². The second-order valence-electron chi connectivity index (χ2n) is 6.66. The van der Waals surface area contributed by atoms with Crippen molar-refractivity contribution in [3.8, 4) is 27.7 Å². The van der Waals surface area contributed by atoms with Crippen LogP contribution in [0.4, 0.5) is 0 Å². The van der Waals surface area contributed by atoms with E-state index in [1.807, 2.05) is 30.3 Å². The van der Waals surface area contributed by atoms with Gasteiger partial charge in [-0.1, -0.05) is 32.9 Å². The number of ketones is 1. The maximum absolute atomic E-state index is 12.4. The fraction of sp³-hybridized carbons (Fsp3) is 0.273. The molecule has 0 saturated heterocycles. The average Bonchev–Trinajstić information content (AvgIpc) is 3.20. The van der Waals surface area contributed by atoms with Crippen LogP contribution in [-0.2, 0) is 11.3 Å². The van der Waals surface area contributed by atoms with Gasteiger partial charge in [0.2, 0.25) is 0 Å². The van der Waals surface area contributed by atoms with E-state index in [0.29, 0.717) is 36.9 Å². The van der Waals surface area contributed by atoms with Crippen molar-refractivity contribution in [2.75, 3.05) is 20.3 Å². The predicted molar refractivity (Wildman–Crippen MR) is 121 cm³/mol. The molecule has 4 rings (SSSR count). The molecule has 1 aromatic heterocycles. The van der Waals surface area contributed by atoms with Gasteiger partial charge in [0.1, 0.15) is 28.9 Å². The maximum atomic E-state index is 12.4. The number of ether oxygens (including phenoxy) is 4. The van der Waals surface area contributed by atoms with Gasteiger partial charge in [0.15, 0.2) is 17.3 Å². The van der Waals surface area contributed by atoms with E-state index in [1.54, 1.807) is 46.8 Å². The Labute approximate surface area is 187 Å². The van der Waals surface area contributed by atoms with E-state index < -0.39 is 6.10 Å². The third kappa shape index (κ3) is 4.41. The number of hydrogen-bond acceptors (Lipinski definition) is 8. The molecule has 0 bridgehead atoms. The van der Waals surface area contributed by atoms with E-state index >= 15 is 0 Å². The molecule has 0 saturated carbocycles. The molecule has 1 atom stereocenters. The molecule has 1 aliphatic heterocycles. The second-order valence-corrected chi connectivity index (χ2v) is 9.57. The molecule has 0 radical (unpaired) electrons. The second kappa shape index (κ2) is 9.26. The van der Waals surface area contributed by atoms with Crippen LogP contribution < -0.4 is 14.2 Å². The van der Waals surface area contributed by atoms with Crippen molar-refractivity contribution in [2.45, 2.75) is 19.6 Å². The summed E-state index contributed by atoms with van der Waals surface area (Å²) in [6.45, 7) is 2.73. The van der Waals surface area contributed by atoms with E-state index in [9.17, 15) is 4.79 Å². The molecule has 1 aliphatic rings. The number of rotatable bonds is 7. The Kier molecular flexibility index (Phi) is 6.48. The van der Waals surface area contributed by atoms with Gasteiger partial charge in [-0.2, -0.15) is 0 Å². The van der Waals surface area contributed by atoms with Crippen molar-refractivity contribution >= 4 is 38.7 Å². The zero-order chi connectivity index (χ0) is 21.1. The lowest BCUT2D eigenvalue weighted by atomic mass is 9.97. The molecule has 0 spiro atoms. The van der Waals surface area contributed by atoms with Gasteiger partial charge >= 0.3 is 0 Å². The molecule has 0 aliphatic carbocycles. The zero-order valence-corrected chi connectivity index (χ0v) is 19.0. The summed E-state index contributed by atoms with van der Waals surface area (Å²) in [5.41, 5.74) is 2.47. The number of carbonyl (C=O) groups is 1. The van der Waals surface area contributed by atoms with Gasteiger partial charge in [0.25, 0.3) is 0 Å². The minimum atomic E-state index is -0.447. The van der Waals surface area contributed by atoms with Crippen molar-refractivity contribution < 1.29 is 23.7 Å². The molecule has 2 aromatic carbocycles. The summed E-state index contributed by atoms with van der Waals surface area (Å²) in [7, 11) is 4.85. The van der Waals surface area contributed by atoms with Crippen LogP contribution in [0.25, 0.3) is 10.4 Å². The number of fused-ring (bicyclic) bond motifs is 1. The monoisotopic (exact) mass is 460 g/mol. The largest absolute Gasteiger partial charge is 0.493 e. The normalized spacial score (nSPS) is 15.5. The maximum Gasteiger partial charge on any atom is 0.191 e.